The van der Waals surface area contributed by atoms with Crippen molar-refractivity contribution in [2.24, 2.45) is 40.4 Å². The molecule has 5 atom stereocenters. The maximum atomic E-state index is 3.58. The van der Waals surface area contributed by atoms with E-state index in [1.165, 1.54) is 136 Å². The molecule has 7 heterocycles. The molecule has 5 heteroatoms. The molecule has 2 bridgehead atoms. The van der Waals surface area contributed by atoms with E-state index in [9.17, 15) is 0 Å². The smallest absolute Gasteiger partial charge is 0.00720 e. The molecule has 0 amide bonds. The Morgan fingerprint density at radius 2 is 1.06 bits per heavy atom. The molecule has 7 aliphatic heterocycles. The van der Waals surface area contributed by atoms with Gasteiger partial charge in [-0.25, -0.2) is 0 Å². The average Bonchev–Trinajstić information content (AvgIpc) is 3.79. The molecule has 0 aromatic carbocycles. The highest BCUT2D eigenvalue weighted by atomic mass is 15.1. The SMILES string of the molecule is CC.CC.CC.CC(C)(C)C[C@@H]1CCCCN1.CC(C)(C)C[C@@H]1CCNC1.CC1CCNC1.C[C@@H]1CCCNC1.C[C@H]1CN2CCC1CC2. The summed E-state index contributed by atoms with van der Waals surface area (Å²) in [5, 5.41) is 13.6. The fourth-order valence-electron chi connectivity index (χ4n) is 7.68. The van der Waals surface area contributed by atoms with E-state index < -0.39 is 0 Å². The van der Waals surface area contributed by atoms with Gasteiger partial charge in [-0.3, -0.25) is 0 Å². The third kappa shape index (κ3) is 30.0. The van der Waals surface area contributed by atoms with Crippen LogP contribution in [0.15, 0.2) is 0 Å². The third-order valence-corrected chi connectivity index (χ3v) is 10.2. The molecule has 0 saturated carbocycles. The van der Waals surface area contributed by atoms with Crippen molar-refractivity contribution in [3.8, 4) is 0 Å². The van der Waals surface area contributed by atoms with Gasteiger partial charge in [0.25, 0.3) is 0 Å². The molecule has 0 radical (unpaired) electrons. The molecule has 0 spiro atoms. The van der Waals surface area contributed by atoms with E-state index in [2.05, 4.69) is 88.5 Å². The first-order chi connectivity index (χ1) is 23.3. The van der Waals surface area contributed by atoms with Crippen molar-refractivity contribution < 1.29 is 0 Å². The van der Waals surface area contributed by atoms with Gasteiger partial charge < -0.3 is 26.2 Å². The molecule has 49 heavy (non-hydrogen) atoms. The molecular formula is C44H97N5. The second-order valence-electron chi connectivity index (χ2n) is 17.7. The Morgan fingerprint density at radius 3 is 1.35 bits per heavy atom. The maximum absolute atomic E-state index is 3.58. The van der Waals surface area contributed by atoms with Crippen molar-refractivity contribution in [3.63, 3.8) is 0 Å². The summed E-state index contributed by atoms with van der Waals surface area (Å²) >= 11 is 0. The summed E-state index contributed by atoms with van der Waals surface area (Å²) in [6.45, 7) is 45.7. The zero-order valence-electron chi connectivity index (χ0n) is 36.8. The van der Waals surface area contributed by atoms with Crippen LogP contribution in [0.1, 0.15) is 174 Å². The lowest BCUT2D eigenvalue weighted by atomic mass is 9.80. The molecule has 1 unspecified atom stereocenters. The zero-order valence-corrected chi connectivity index (χ0v) is 36.8. The highest BCUT2D eigenvalue weighted by Crippen LogP contribution is 2.31. The van der Waals surface area contributed by atoms with Gasteiger partial charge >= 0.3 is 0 Å². The van der Waals surface area contributed by atoms with Crippen LogP contribution in [-0.2, 0) is 0 Å². The van der Waals surface area contributed by atoms with Gasteiger partial charge in [0, 0.05) is 12.6 Å². The quantitative estimate of drug-likeness (QED) is 0.232. The Balaban J connectivity index is 0. The van der Waals surface area contributed by atoms with Crippen LogP contribution in [0.4, 0.5) is 0 Å². The Morgan fingerprint density at radius 1 is 0.531 bits per heavy atom. The van der Waals surface area contributed by atoms with Gasteiger partial charge in [-0.15, -0.1) is 0 Å². The average molecular weight is 696 g/mol. The summed E-state index contributed by atoms with van der Waals surface area (Å²) in [5.74, 6) is 4.88. The summed E-state index contributed by atoms with van der Waals surface area (Å²) in [4.78, 5) is 2.60. The summed E-state index contributed by atoms with van der Waals surface area (Å²) < 4.78 is 0. The van der Waals surface area contributed by atoms with Crippen molar-refractivity contribution in [1.82, 2.24) is 26.2 Å². The Hall–Kier alpha value is -0.200. The van der Waals surface area contributed by atoms with Gasteiger partial charge in [0.05, 0.1) is 0 Å². The topological polar surface area (TPSA) is 51.4 Å². The number of hydrogen-bond acceptors (Lipinski definition) is 5. The molecule has 0 aromatic heterocycles. The normalized spacial score (nSPS) is 30.1. The maximum Gasteiger partial charge on any atom is 0.00720 e. The lowest BCUT2D eigenvalue weighted by molar-refractivity contribution is 0.0603. The largest absolute Gasteiger partial charge is 0.316 e. The number of hydrogen-bond donors (Lipinski definition) is 4. The fourth-order valence-corrected chi connectivity index (χ4v) is 7.68. The second kappa shape index (κ2) is 31.3. The van der Waals surface area contributed by atoms with E-state index >= 15 is 0 Å². The van der Waals surface area contributed by atoms with Gasteiger partial charge in [-0.2, -0.15) is 0 Å². The van der Waals surface area contributed by atoms with Gasteiger partial charge in [0.15, 0.2) is 0 Å². The molecule has 7 saturated heterocycles. The van der Waals surface area contributed by atoms with Crippen LogP contribution in [0.5, 0.6) is 0 Å². The molecule has 5 nitrogen and oxygen atoms in total. The number of piperidine rings is 5. The zero-order chi connectivity index (χ0) is 37.7. The number of nitrogens with zero attached hydrogens (tertiary/aromatic N) is 1. The number of fused-ring (bicyclic) bond motifs is 3. The molecule has 0 aliphatic carbocycles. The highest BCUT2D eigenvalue weighted by molar-refractivity contribution is 4.84. The summed E-state index contributed by atoms with van der Waals surface area (Å²) in [7, 11) is 0. The van der Waals surface area contributed by atoms with Crippen molar-refractivity contribution in [2.75, 3.05) is 65.4 Å². The first kappa shape index (κ1) is 50.9. The standard InChI is InChI=1S/C10H21N.C9H19N.C8H15N.C6H13N.C5H11N.3C2H6/c1-10(2,3)8-9-6-4-5-7-11-9;1-9(2,3)6-8-4-5-10-7-8;1-7-6-9-4-2-8(7)3-5-9;1-6-3-2-4-7-5-6;1-5-2-3-6-4-5;3*1-2/h9,11H,4-8H2,1-3H3;8,10H,4-7H2,1-3H3;7-8H,2-6H2,1H3;6-7H,2-5H2,1H3;5-6H,2-4H2,1H3;3*1-2H3/t9-;8-;7-;6-;;;;/m0001..../s1. The molecule has 7 rings (SSSR count). The lowest BCUT2D eigenvalue weighted by Gasteiger charge is -2.43. The lowest BCUT2D eigenvalue weighted by Crippen LogP contribution is -2.46. The molecular weight excluding hydrogens is 599 g/mol. The Bertz CT molecular complexity index is 652. The van der Waals surface area contributed by atoms with E-state index in [4.69, 9.17) is 0 Å². The van der Waals surface area contributed by atoms with Crippen LogP contribution in [0.2, 0.25) is 0 Å². The summed E-state index contributed by atoms with van der Waals surface area (Å²) in [6.07, 6.45) is 15.4. The van der Waals surface area contributed by atoms with Crippen LogP contribution >= 0.6 is 0 Å². The van der Waals surface area contributed by atoms with Crippen LogP contribution < -0.4 is 21.3 Å². The van der Waals surface area contributed by atoms with Crippen molar-refractivity contribution >= 4 is 0 Å². The minimum atomic E-state index is 0.495. The predicted molar refractivity (Wildman–Crippen MR) is 225 cm³/mol. The van der Waals surface area contributed by atoms with Crippen molar-refractivity contribution in [1.29, 1.82) is 0 Å². The van der Waals surface area contributed by atoms with Gasteiger partial charge in [-0.1, -0.05) is 110 Å². The van der Waals surface area contributed by atoms with E-state index in [0.717, 1.165) is 35.6 Å². The Kier molecular flexibility index (Phi) is 32.6. The first-order valence-corrected chi connectivity index (χ1v) is 21.9. The van der Waals surface area contributed by atoms with E-state index in [0.29, 0.717) is 10.8 Å². The summed E-state index contributed by atoms with van der Waals surface area (Å²) in [6, 6.07) is 0.795. The Labute approximate surface area is 311 Å². The van der Waals surface area contributed by atoms with E-state index in [-0.39, 0.29) is 0 Å². The first-order valence-electron chi connectivity index (χ1n) is 21.9. The second-order valence-corrected chi connectivity index (χ2v) is 17.7. The van der Waals surface area contributed by atoms with Crippen molar-refractivity contribution in [2.45, 2.75) is 181 Å². The van der Waals surface area contributed by atoms with E-state index in [1.54, 1.807) is 0 Å². The third-order valence-electron chi connectivity index (χ3n) is 10.2. The number of rotatable bonds is 2. The van der Waals surface area contributed by atoms with E-state index in [1.807, 2.05) is 41.5 Å². The monoisotopic (exact) mass is 696 g/mol. The van der Waals surface area contributed by atoms with Gasteiger partial charge in [-0.05, 0) is 164 Å². The molecule has 7 aliphatic rings. The summed E-state index contributed by atoms with van der Waals surface area (Å²) in [5.41, 5.74) is 1.02. The molecule has 298 valence electrons. The minimum absolute atomic E-state index is 0.495. The van der Waals surface area contributed by atoms with Gasteiger partial charge in [0.2, 0.25) is 0 Å². The predicted octanol–water partition coefficient (Wildman–Crippen LogP) is 10.6. The van der Waals surface area contributed by atoms with Crippen LogP contribution in [0, 0.1) is 40.4 Å². The molecule has 7 fully saturated rings. The number of nitrogens with one attached hydrogen (secondary N) is 4. The van der Waals surface area contributed by atoms with Crippen LogP contribution in [0.3, 0.4) is 0 Å². The van der Waals surface area contributed by atoms with Crippen LogP contribution in [0.25, 0.3) is 0 Å². The molecule has 4 N–H and O–H groups in total. The van der Waals surface area contributed by atoms with Crippen molar-refractivity contribution in [3.05, 3.63) is 0 Å². The molecule has 0 aromatic rings. The fraction of sp³-hybridized carbons (Fsp3) is 1.00. The minimum Gasteiger partial charge on any atom is -0.316 e. The highest BCUT2D eigenvalue weighted by Gasteiger charge is 2.30. The van der Waals surface area contributed by atoms with Gasteiger partial charge in [0.1, 0.15) is 0 Å². The van der Waals surface area contributed by atoms with Crippen LogP contribution in [-0.4, -0.2) is 76.4 Å².